The number of carbonyl (C=O) groups is 1. The quantitative estimate of drug-likeness (QED) is 0.769. The second-order valence-corrected chi connectivity index (χ2v) is 6.01. The normalized spacial score (nSPS) is 17.1. The van der Waals surface area contributed by atoms with Crippen molar-refractivity contribution in [1.29, 1.82) is 0 Å². The minimum absolute atomic E-state index is 0.0389. The van der Waals surface area contributed by atoms with Gasteiger partial charge in [0.2, 0.25) is 0 Å². The molecule has 3 heterocycles. The van der Waals surface area contributed by atoms with Gasteiger partial charge < -0.3 is 9.88 Å². The predicted octanol–water partition coefficient (Wildman–Crippen LogP) is 1.80. The highest BCUT2D eigenvalue weighted by molar-refractivity contribution is 5.95. The zero-order valence-electron chi connectivity index (χ0n) is 13.1. The van der Waals surface area contributed by atoms with Gasteiger partial charge in [0.1, 0.15) is 12.2 Å². The van der Waals surface area contributed by atoms with Crippen LogP contribution in [0.2, 0.25) is 0 Å². The summed E-state index contributed by atoms with van der Waals surface area (Å²) >= 11 is 0. The van der Waals surface area contributed by atoms with Crippen molar-refractivity contribution < 1.29 is 4.79 Å². The minimum atomic E-state index is -0.0389. The van der Waals surface area contributed by atoms with Gasteiger partial charge in [-0.25, -0.2) is 0 Å². The maximum absolute atomic E-state index is 12.6. The number of nitrogens with one attached hydrogen (secondary N) is 2. The first-order chi connectivity index (χ1) is 11.8. The number of aromatic nitrogens is 5. The van der Waals surface area contributed by atoms with Crippen LogP contribution in [0.1, 0.15) is 29.0 Å². The first-order valence-corrected chi connectivity index (χ1v) is 8.06. The van der Waals surface area contributed by atoms with Crippen molar-refractivity contribution >= 4 is 5.91 Å². The standard InChI is InChI=1S/C17H18N6O/c24-17(13-3-1-2-12(8-13)14-9-18-19-10-14)21-15-4-5-16-22-20-11-23(16)7-6-15/h1-3,8-11,15H,4-7H2,(H,18,19)(H,21,24). The van der Waals surface area contributed by atoms with Crippen LogP contribution in [0.5, 0.6) is 0 Å². The third-order valence-electron chi connectivity index (χ3n) is 4.42. The number of rotatable bonds is 3. The Kier molecular flexibility index (Phi) is 3.82. The fourth-order valence-corrected chi connectivity index (χ4v) is 3.06. The molecule has 1 unspecified atom stereocenters. The Labute approximate surface area is 139 Å². The molecule has 7 heteroatoms. The van der Waals surface area contributed by atoms with Crippen molar-refractivity contribution in [1.82, 2.24) is 30.3 Å². The lowest BCUT2D eigenvalue weighted by atomic mass is 10.0. The number of amides is 1. The molecule has 0 saturated carbocycles. The van der Waals surface area contributed by atoms with Gasteiger partial charge in [0.15, 0.2) is 0 Å². The van der Waals surface area contributed by atoms with Crippen LogP contribution < -0.4 is 5.32 Å². The highest BCUT2D eigenvalue weighted by Gasteiger charge is 2.19. The predicted molar refractivity (Wildman–Crippen MR) is 88.2 cm³/mol. The van der Waals surface area contributed by atoms with Gasteiger partial charge in [-0.1, -0.05) is 12.1 Å². The van der Waals surface area contributed by atoms with Gasteiger partial charge in [0, 0.05) is 36.3 Å². The van der Waals surface area contributed by atoms with Gasteiger partial charge in [-0.2, -0.15) is 5.10 Å². The van der Waals surface area contributed by atoms with Crippen LogP contribution in [0.15, 0.2) is 43.0 Å². The summed E-state index contributed by atoms with van der Waals surface area (Å²) in [6.45, 7) is 0.836. The lowest BCUT2D eigenvalue weighted by Gasteiger charge is -2.16. The van der Waals surface area contributed by atoms with Crippen LogP contribution in [-0.4, -0.2) is 36.9 Å². The third-order valence-corrected chi connectivity index (χ3v) is 4.42. The molecule has 3 aromatic rings. The topological polar surface area (TPSA) is 88.5 Å². The molecule has 7 nitrogen and oxygen atoms in total. The molecule has 1 atom stereocenters. The highest BCUT2D eigenvalue weighted by atomic mass is 16.1. The second kappa shape index (κ2) is 6.27. The molecular weight excluding hydrogens is 304 g/mol. The van der Waals surface area contributed by atoms with E-state index >= 15 is 0 Å². The van der Waals surface area contributed by atoms with E-state index in [1.807, 2.05) is 30.5 Å². The summed E-state index contributed by atoms with van der Waals surface area (Å²) in [6.07, 6.45) is 7.92. The molecule has 122 valence electrons. The lowest BCUT2D eigenvalue weighted by Crippen LogP contribution is -2.35. The molecule has 0 aliphatic carbocycles. The lowest BCUT2D eigenvalue weighted by molar-refractivity contribution is 0.0933. The van der Waals surface area contributed by atoms with E-state index in [1.54, 1.807) is 12.5 Å². The van der Waals surface area contributed by atoms with E-state index in [1.165, 1.54) is 0 Å². The number of hydrogen-bond donors (Lipinski definition) is 2. The third kappa shape index (κ3) is 2.92. The Hall–Kier alpha value is -2.96. The summed E-state index contributed by atoms with van der Waals surface area (Å²) in [5, 5.41) is 17.9. The number of nitrogens with zero attached hydrogens (tertiary/aromatic N) is 4. The molecular formula is C17H18N6O. The second-order valence-electron chi connectivity index (χ2n) is 6.01. The maximum atomic E-state index is 12.6. The molecule has 0 radical (unpaired) electrons. The maximum Gasteiger partial charge on any atom is 0.251 e. The van der Waals surface area contributed by atoms with Crippen molar-refractivity contribution in [3.8, 4) is 11.1 Å². The number of fused-ring (bicyclic) bond motifs is 1. The Bertz CT molecular complexity index is 816. The Morgan fingerprint density at radius 1 is 1.29 bits per heavy atom. The molecule has 0 bridgehead atoms. The van der Waals surface area contributed by atoms with Crippen molar-refractivity contribution in [2.24, 2.45) is 0 Å². The number of aromatic amines is 1. The summed E-state index contributed by atoms with van der Waals surface area (Å²) in [4.78, 5) is 12.6. The van der Waals surface area contributed by atoms with Gasteiger partial charge in [0.05, 0.1) is 6.20 Å². The summed E-state index contributed by atoms with van der Waals surface area (Å²) in [7, 11) is 0. The average Bonchev–Trinajstić information content (AvgIpc) is 3.26. The van der Waals surface area contributed by atoms with Gasteiger partial charge in [-0.05, 0) is 30.5 Å². The van der Waals surface area contributed by atoms with E-state index in [4.69, 9.17) is 0 Å². The number of aryl methyl sites for hydroxylation is 2. The van der Waals surface area contributed by atoms with E-state index in [0.717, 1.165) is 42.8 Å². The first-order valence-electron chi connectivity index (χ1n) is 8.06. The molecule has 1 amide bonds. The van der Waals surface area contributed by atoms with Crippen molar-refractivity contribution in [3.63, 3.8) is 0 Å². The molecule has 1 aliphatic heterocycles. The molecule has 0 spiro atoms. The Morgan fingerprint density at radius 2 is 2.25 bits per heavy atom. The molecule has 2 N–H and O–H groups in total. The highest BCUT2D eigenvalue weighted by Crippen LogP contribution is 2.19. The largest absolute Gasteiger partial charge is 0.349 e. The monoisotopic (exact) mass is 322 g/mol. The van der Waals surface area contributed by atoms with Crippen molar-refractivity contribution in [2.45, 2.75) is 31.8 Å². The Morgan fingerprint density at radius 3 is 3.12 bits per heavy atom. The van der Waals surface area contributed by atoms with E-state index in [0.29, 0.717) is 5.56 Å². The smallest absolute Gasteiger partial charge is 0.251 e. The van der Waals surface area contributed by atoms with Crippen molar-refractivity contribution in [3.05, 3.63) is 54.4 Å². The van der Waals surface area contributed by atoms with Gasteiger partial charge in [-0.15, -0.1) is 10.2 Å². The molecule has 0 saturated heterocycles. The molecule has 2 aromatic heterocycles. The fourth-order valence-electron chi connectivity index (χ4n) is 3.06. The molecule has 4 rings (SSSR count). The summed E-state index contributed by atoms with van der Waals surface area (Å²) in [6, 6.07) is 7.75. The summed E-state index contributed by atoms with van der Waals surface area (Å²) in [5.41, 5.74) is 2.61. The summed E-state index contributed by atoms with van der Waals surface area (Å²) < 4.78 is 2.06. The van der Waals surface area contributed by atoms with Gasteiger partial charge in [0.25, 0.3) is 5.91 Å². The molecule has 1 aliphatic rings. The first kappa shape index (κ1) is 14.6. The van der Waals surface area contributed by atoms with E-state index in [9.17, 15) is 4.79 Å². The van der Waals surface area contributed by atoms with E-state index in [2.05, 4.69) is 30.3 Å². The zero-order valence-corrected chi connectivity index (χ0v) is 13.1. The van der Waals surface area contributed by atoms with E-state index in [-0.39, 0.29) is 11.9 Å². The molecule has 0 fully saturated rings. The SMILES string of the molecule is O=C(NC1CCc2nncn2CC1)c1cccc(-c2cn[nH]c2)c1. The van der Waals surface area contributed by atoms with Crippen LogP contribution in [0, 0.1) is 0 Å². The average molecular weight is 322 g/mol. The number of carbonyl (C=O) groups excluding carboxylic acids is 1. The summed E-state index contributed by atoms with van der Waals surface area (Å²) in [5.74, 6) is 0.955. The van der Waals surface area contributed by atoms with Gasteiger partial charge >= 0.3 is 0 Å². The van der Waals surface area contributed by atoms with Gasteiger partial charge in [-0.3, -0.25) is 9.89 Å². The number of H-pyrrole nitrogens is 1. The van der Waals surface area contributed by atoms with Crippen LogP contribution in [0.4, 0.5) is 0 Å². The molecule has 24 heavy (non-hydrogen) atoms. The van der Waals surface area contributed by atoms with Crippen LogP contribution in [0.25, 0.3) is 11.1 Å². The van der Waals surface area contributed by atoms with Crippen molar-refractivity contribution in [2.75, 3.05) is 0 Å². The van der Waals surface area contributed by atoms with Crippen LogP contribution in [0.3, 0.4) is 0 Å². The fraction of sp³-hybridized carbons (Fsp3) is 0.294. The minimum Gasteiger partial charge on any atom is -0.349 e. The number of benzene rings is 1. The Balaban J connectivity index is 1.45. The van der Waals surface area contributed by atoms with Crippen LogP contribution >= 0.6 is 0 Å². The van der Waals surface area contributed by atoms with E-state index < -0.39 is 0 Å². The molecule has 1 aromatic carbocycles. The number of hydrogen-bond acceptors (Lipinski definition) is 4. The zero-order chi connectivity index (χ0) is 16.4. The van der Waals surface area contributed by atoms with Crippen LogP contribution in [-0.2, 0) is 13.0 Å².